The van der Waals surface area contributed by atoms with Crippen LogP contribution in [0.2, 0.25) is 0 Å². The Labute approximate surface area is 178 Å². The van der Waals surface area contributed by atoms with Crippen LogP contribution in [0.1, 0.15) is 5.56 Å². The van der Waals surface area contributed by atoms with Crippen LogP contribution < -0.4 is 19.6 Å². The third kappa shape index (κ3) is 4.43. The highest BCUT2D eigenvalue weighted by atomic mass is 16.5. The fourth-order valence-electron chi connectivity index (χ4n) is 3.22. The summed E-state index contributed by atoms with van der Waals surface area (Å²) in [4.78, 5) is 25.2. The summed E-state index contributed by atoms with van der Waals surface area (Å²) in [6.07, 6.45) is 1.53. The lowest BCUT2D eigenvalue weighted by atomic mass is 10.1. The SMILES string of the molecule is COc1ccc(CC(=O)Oc2ccc3c(=O)c(-c4ccc(OC)cc4)coc3c2)cc1. The van der Waals surface area contributed by atoms with Gasteiger partial charge in [0.05, 0.1) is 31.6 Å². The molecule has 0 saturated heterocycles. The first kappa shape index (κ1) is 20.2. The molecule has 0 saturated carbocycles. The van der Waals surface area contributed by atoms with Gasteiger partial charge >= 0.3 is 5.97 Å². The van der Waals surface area contributed by atoms with E-state index < -0.39 is 5.97 Å². The van der Waals surface area contributed by atoms with Crippen molar-refractivity contribution in [3.63, 3.8) is 0 Å². The molecule has 3 aromatic carbocycles. The summed E-state index contributed by atoms with van der Waals surface area (Å²) >= 11 is 0. The lowest BCUT2D eigenvalue weighted by molar-refractivity contribution is -0.133. The van der Waals surface area contributed by atoms with Crippen LogP contribution in [0.4, 0.5) is 0 Å². The van der Waals surface area contributed by atoms with Crippen molar-refractivity contribution in [2.24, 2.45) is 0 Å². The molecule has 31 heavy (non-hydrogen) atoms. The molecule has 0 atom stereocenters. The molecule has 1 heterocycles. The summed E-state index contributed by atoms with van der Waals surface area (Å²) in [7, 11) is 3.17. The Morgan fingerprint density at radius 2 is 1.45 bits per heavy atom. The molecule has 0 unspecified atom stereocenters. The molecule has 4 rings (SSSR count). The molecular weight excluding hydrogens is 396 g/mol. The van der Waals surface area contributed by atoms with Gasteiger partial charge in [0, 0.05) is 6.07 Å². The fraction of sp³-hybridized carbons (Fsp3) is 0.120. The van der Waals surface area contributed by atoms with E-state index in [0.29, 0.717) is 28.0 Å². The van der Waals surface area contributed by atoms with Crippen LogP contribution in [0.25, 0.3) is 22.1 Å². The zero-order valence-electron chi connectivity index (χ0n) is 17.1. The van der Waals surface area contributed by atoms with E-state index >= 15 is 0 Å². The Balaban J connectivity index is 1.53. The smallest absolute Gasteiger partial charge is 0.315 e. The molecule has 156 valence electrons. The van der Waals surface area contributed by atoms with Gasteiger partial charge in [0.15, 0.2) is 5.43 Å². The largest absolute Gasteiger partial charge is 0.497 e. The molecule has 0 spiro atoms. The monoisotopic (exact) mass is 416 g/mol. The number of hydrogen-bond donors (Lipinski definition) is 0. The Bertz CT molecular complexity index is 1270. The second-order valence-corrected chi connectivity index (χ2v) is 6.86. The zero-order valence-corrected chi connectivity index (χ0v) is 17.1. The van der Waals surface area contributed by atoms with E-state index in [1.165, 1.54) is 6.26 Å². The first-order chi connectivity index (χ1) is 15.1. The number of carbonyl (C=O) groups excluding carboxylic acids is 1. The number of carbonyl (C=O) groups is 1. The van der Waals surface area contributed by atoms with Crippen LogP contribution >= 0.6 is 0 Å². The maximum absolute atomic E-state index is 12.9. The third-order valence-corrected chi connectivity index (χ3v) is 4.89. The first-order valence-electron chi connectivity index (χ1n) is 9.61. The molecule has 1 aromatic heterocycles. The lowest BCUT2D eigenvalue weighted by Crippen LogP contribution is -2.11. The number of hydrogen-bond acceptors (Lipinski definition) is 6. The van der Waals surface area contributed by atoms with E-state index in [4.69, 9.17) is 18.6 Å². The van der Waals surface area contributed by atoms with Gasteiger partial charge in [-0.1, -0.05) is 24.3 Å². The van der Waals surface area contributed by atoms with Gasteiger partial charge in [-0.25, -0.2) is 0 Å². The standard InChI is InChI=1S/C25H20O6/c1-28-18-7-3-16(4-8-18)13-24(26)31-20-11-12-21-23(14-20)30-15-22(25(21)27)17-5-9-19(29-2)10-6-17/h3-12,14-15H,13H2,1-2H3. The summed E-state index contributed by atoms with van der Waals surface area (Å²) in [6, 6.07) is 19.1. The van der Waals surface area contributed by atoms with Gasteiger partial charge in [-0.3, -0.25) is 9.59 Å². The van der Waals surface area contributed by atoms with Crippen molar-refractivity contribution >= 4 is 16.9 Å². The highest BCUT2D eigenvalue weighted by molar-refractivity contribution is 5.84. The van der Waals surface area contributed by atoms with Crippen LogP contribution in [0.15, 0.2) is 82.2 Å². The maximum atomic E-state index is 12.9. The molecule has 6 heteroatoms. The van der Waals surface area contributed by atoms with Gasteiger partial charge in [0.25, 0.3) is 0 Å². The van der Waals surface area contributed by atoms with Gasteiger partial charge in [-0.15, -0.1) is 0 Å². The number of methoxy groups -OCH3 is 2. The van der Waals surface area contributed by atoms with Crippen LogP contribution in [0.3, 0.4) is 0 Å². The van der Waals surface area contributed by atoms with Crippen molar-refractivity contribution < 1.29 is 23.4 Å². The predicted octanol–water partition coefficient (Wildman–Crippen LogP) is 4.63. The molecule has 0 fully saturated rings. The minimum Gasteiger partial charge on any atom is -0.497 e. The van der Waals surface area contributed by atoms with Crippen molar-refractivity contribution in [3.05, 3.63) is 88.8 Å². The Kier molecular flexibility index (Phi) is 5.71. The topological polar surface area (TPSA) is 75.0 Å². The fourth-order valence-corrected chi connectivity index (χ4v) is 3.22. The van der Waals surface area contributed by atoms with Gasteiger partial charge in [0.2, 0.25) is 0 Å². The van der Waals surface area contributed by atoms with Gasteiger partial charge in [-0.2, -0.15) is 0 Å². The summed E-state index contributed by atoms with van der Waals surface area (Å²) in [5.74, 6) is 1.32. The molecular formula is C25H20O6. The second kappa shape index (κ2) is 8.75. The summed E-state index contributed by atoms with van der Waals surface area (Å²) in [6.45, 7) is 0. The highest BCUT2D eigenvalue weighted by Crippen LogP contribution is 2.25. The summed E-state index contributed by atoms with van der Waals surface area (Å²) < 4.78 is 21.3. The number of fused-ring (bicyclic) bond motifs is 1. The first-order valence-corrected chi connectivity index (χ1v) is 9.61. The molecule has 0 N–H and O–H groups in total. The van der Waals surface area contributed by atoms with Crippen molar-refractivity contribution in [2.45, 2.75) is 6.42 Å². The average Bonchev–Trinajstić information content (AvgIpc) is 2.80. The molecule has 0 amide bonds. The molecule has 6 nitrogen and oxygen atoms in total. The number of rotatable bonds is 6. The third-order valence-electron chi connectivity index (χ3n) is 4.89. The van der Waals surface area contributed by atoms with Crippen LogP contribution in [-0.4, -0.2) is 20.2 Å². The van der Waals surface area contributed by atoms with Crippen molar-refractivity contribution in [2.75, 3.05) is 14.2 Å². The summed E-state index contributed by atoms with van der Waals surface area (Å²) in [5.41, 5.74) is 2.16. The quantitative estimate of drug-likeness (QED) is 0.337. The van der Waals surface area contributed by atoms with E-state index in [0.717, 1.165) is 16.9 Å². The van der Waals surface area contributed by atoms with Gasteiger partial charge in [0.1, 0.15) is 29.1 Å². The van der Waals surface area contributed by atoms with E-state index in [-0.39, 0.29) is 11.8 Å². The van der Waals surface area contributed by atoms with Crippen LogP contribution in [0.5, 0.6) is 17.2 Å². The Hall–Kier alpha value is -4.06. The average molecular weight is 416 g/mol. The molecule has 0 aliphatic heterocycles. The van der Waals surface area contributed by atoms with E-state index in [2.05, 4.69) is 0 Å². The van der Waals surface area contributed by atoms with Crippen molar-refractivity contribution in [1.29, 1.82) is 0 Å². The van der Waals surface area contributed by atoms with Gasteiger partial charge < -0.3 is 18.6 Å². The van der Waals surface area contributed by atoms with Crippen LogP contribution in [0, 0.1) is 0 Å². The highest BCUT2D eigenvalue weighted by Gasteiger charge is 2.12. The molecule has 0 bridgehead atoms. The predicted molar refractivity (Wildman–Crippen MR) is 117 cm³/mol. The lowest BCUT2D eigenvalue weighted by Gasteiger charge is -2.07. The second-order valence-electron chi connectivity index (χ2n) is 6.86. The molecule has 0 aliphatic rings. The van der Waals surface area contributed by atoms with Crippen LogP contribution in [-0.2, 0) is 11.2 Å². The Morgan fingerprint density at radius 3 is 2.10 bits per heavy atom. The number of esters is 1. The number of ether oxygens (including phenoxy) is 3. The molecule has 0 radical (unpaired) electrons. The van der Waals surface area contributed by atoms with E-state index in [1.54, 1.807) is 80.9 Å². The maximum Gasteiger partial charge on any atom is 0.315 e. The Morgan fingerprint density at radius 1 is 0.839 bits per heavy atom. The van der Waals surface area contributed by atoms with Crippen molar-refractivity contribution in [3.8, 4) is 28.4 Å². The van der Waals surface area contributed by atoms with Crippen molar-refractivity contribution in [1.82, 2.24) is 0 Å². The molecule has 4 aromatic rings. The van der Waals surface area contributed by atoms with Gasteiger partial charge in [-0.05, 0) is 47.5 Å². The molecule has 0 aliphatic carbocycles. The zero-order chi connectivity index (χ0) is 21.8. The summed E-state index contributed by atoms with van der Waals surface area (Å²) in [5, 5.41) is 0.406. The minimum atomic E-state index is -0.415. The number of benzene rings is 3. The van der Waals surface area contributed by atoms with E-state index in [1.807, 2.05) is 0 Å². The van der Waals surface area contributed by atoms with E-state index in [9.17, 15) is 9.59 Å². The normalized spacial score (nSPS) is 10.6. The minimum absolute atomic E-state index is 0.113.